The number of thioether (sulfide) groups is 1. The fourth-order valence-corrected chi connectivity index (χ4v) is 4.63. The maximum absolute atomic E-state index is 12.3. The number of H-pyrrole nitrogens is 1. The van der Waals surface area contributed by atoms with Gasteiger partial charge in [0.15, 0.2) is 9.11 Å². The summed E-state index contributed by atoms with van der Waals surface area (Å²) in [5, 5.41) is 3.31. The fraction of sp³-hybridized carbons (Fsp3) is 0.118. The molecule has 0 fully saturated rings. The molecule has 2 aromatic heterocycles. The number of para-hydroxylation sites is 1. The second-order valence-corrected chi connectivity index (χ2v) is 8.43. The summed E-state index contributed by atoms with van der Waals surface area (Å²) in [6.45, 7) is 0. The van der Waals surface area contributed by atoms with Crippen molar-refractivity contribution in [2.75, 3.05) is 16.8 Å². The molecule has 0 aliphatic heterocycles. The number of thiazole rings is 1. The lowest BCUT2D eigenvalue weighted by molar-refractivity contribution is -0.115. The maximum atomic E-state index is 12.3. The lowest BCUT2D eigenvalue weighted by atomic mass is 10.3. The second-order valence-electron chi connectivity index (χ2n) is 5.70. The van der Waals surface area contributed by atoms with Gasteiger partial charge in [0.25, 0.3) is 11.5 Å². The van der Waals surface area contributed by atoms with E-state index in [1.807, 2.05) is 18.2 Å². The van der Waals surface area contributed by atoms with Gasteiger partial charge < -0.3 is 21.8 Å². The topological polar surface area (TPSA) is 149 Å². The highest BCUT2D eigenvalue weighted by Gasteiger charge is 2.20. The van der Waals surface area contributed by atoms with Gasteiger partial charge in [0.2, 0.25) is 5.91 Å². The number of nitrogens with zero attached hydrogens (tertiary/aromatic N) is 2. The van der Waals surface area contributed by atoms with Crippen LogP contribution in [-0.4, -0.2) is 32.1 Å². The SMILES string of the molecule is NC(=O)c1c(NC(=O)CCSc2nc(N)cc(=O)[nH]2)sc(=S)n1-c1ccccc1. The van der Waals surface area contributed by atoms with Crippen molar-refractivity contribution in [2.45, 2.75) is 11.6 Å². The van der Waals surface area contributed by atoms with Gasteiger partial charge >= 0.3 is 0 Å². The Morgan fingerprint density at radius 2 is 2.03 bits per heavy atom. The Kier molecular flexibility index (Phi) is 6.46. The van der Waals surface area contributed by atoms with Crippen LogP contribution in [-0.2, 0) is 4.79 Å². The summed E-state index contributed by atoms with van der Waals surface area (Å²) in [6.07, 6.45) is 0.109. The van der Waals surface area contributed by atoms with Crippen molar-refractivity contribution in [3.8, 4) is 5.69 Å². The summed E-state index contributed by atoms with van der Waals surface area (Å²) in [5.74, 6) is -0.585. The number of hydrogen-bond donors (Lipinski definition) is 4. The molecule has 0 spiro atoms. The standard InChI is InChI=1S/C17H16N6O3S3/c18-10-8-12(25)22-16(20-10)28-7-6-11(24)21-15-13(14(19)26)23(17(27)29-15)9-4-2-1-3-5-9/h1-5,8H,6-7H2,(H2,19,26)(H,21,24)(H3,18,20,22,25). The van der Waals surface area contributed by atoms with Crippen molar-refractivity contribution in [3.63, 3.8) is 0 Å². The fourth-order valence-electron chi connectivity index (χ4n) is 2.44. The molecule has 0 saturated heterocycles. The van der Waals surface area contributed by atoms with Crippen molar-refractivity contribution in [2.24, 2.45) is 5.73 Å². The van der Waals surface area contributed by atoms with Crippen LogP contribution < -0.4 is 22.3 Å². The van der Waals surface area contributed by atoms with Crippen molar-refractivity contribution in [1.82, 2.24) is 14.5 Å². The van der Waals surface area contributed by atoms with Gasteiger partial charge in [-0.1, -0.05) is 41.3 Å². The van der Waals surface area contributed by atoms with Crippen LogP contribution in [0.25, 0.3) is 5.69 Å². The van der Waals surface area contributed by atoms with Crippen LogP contribution in [0.3, 0.4) is 0 Å². The maximum Gasteiger partial charge on any atom is 0.268 e. The molecule has 9 nitrogen and oxygen atoms in total. The van der Waals surface area contributed by atoms with Gasteiger partial charge in [0.1, 0.15) is 16.5 Å². The molecule has 6 N–H and O–H groups in total. The molecule has 0 bridgehead atoms. The van der Waals surface area contributed by atoms with Gasteiger partial charge in [-0.25, -0.2) is 4.98 Å². The highest BCUT2D eigenvalue weighted by atomic mass is 32.2. The minimum Gasteiger partial charge on any atom is -0.383 e. The largest absolute Gasteiger partial charge is 0.383 e. The smallest absolute Gasteiger partial charge is 0.268 e. The van der Waals surface area contributed by atoms with Crippen molar-refractivity contribution in [1.29, 1.82) is 0 Å². The lowest BCUT2D eigenvalue weighted by Gasteiger charge is -2.08. The number of nitrogen functional groups attached to an aromatic ring is 1. The Balaban J connectivity index is 1.73. The molecule has 0 saturated carbocycles. The molecule has 0 unspecified atom stereocenters. The van der Waals surface area contributed by atoms with Crippen LogP contribution >= 0.6 is 35.3 Å². The number of nitrogens with two attached hydrogens (primary N) is 2. The second kappa shape index (κ2) is 9.03. The lowest BCUT2D eigenvalue weighted by Crippen LogP contribution is -2.20. The predicted octanol–water partition coefficient (Wildman–Crippen LogP) is 2.15. The zero-order valence-corrected chi connectivity index (χ0v) is 17.3. The number of rotatable bonds is 7. The monoisotopic (exact) mass is 448 g/mol. The van der Waals surface area contributed by atoms with E-state index in [1.54, 1.807) is 12.1 Å². The molecule has 3 aromatic rings. The summed E-state index contributed by atoms with van der Waals surface area (Å²) in [7, 11) is 0. The van der Waals surface area contributed by atoms with E-state index < -0.39 is 5.91 Å². The summed E-state index contributed by atoms with van der Waals surface area (Å²) in [5.41, 5.74) is 11.5. The molecule has 0 radical (unpaired) electrons. The number of aromatic amines is 1. The molecule has 3 rings (SSSR count). The summed E-state index contributed by atoms with van der Waals surface area (Å²) >= 11 is 7.62. The van der Waals surface area contributed by atoms with Crippen LogP contribution in [0.15, 0.2) is 46.3 Å². The average Bonchev–Trinajstić information content (AvgIpc) is 2.97. The molecule has 2 heterocycles. The molecule has 0 aliphatic rings. The van der Waals surface area contributed by atoms with Crippen LogP contribution in [0.5, 0.6) is 0 Å². The first-order valence-electron chi connectivity index (χ1n) is 8.25. The minimum atomic E-state index is -0.701. The zero-order valence-electron chi connectivity index (χ0n) is 14.9. The van der Waals surface area contributed by atoms with Crippen molar-refractivity contribution in [3.05, 3.63) is 56.4 Å². The van der Waals surface area contributed by atoms with Crippen LogP contribution in [0.4, 0.5) is 10.8 Å². The van der Waals surface area contributed by atoms with Gasteiger partial charge in [0, 0.05) is 23.9 Å². The van der Waals surface area contributed by atoms with Gasteiger partial charge in [-0.05, 0) is 24.4 Å². The first-order chi connectivity index (χ1) is 13.8. The van der Waals surface area contributed by atoms with Crippen LogP contribution in [0.1, 0.15) is 16.9 Å². The number of anilines is 2. The van der Waals surface area contributed by atoms with Gasteiger partial charge in [-0.15, -0.1) is 0 Å². The zero-order chi connectivity index (χ0) is 21.0. The molecule has 0 atom stereocenters. The number of primary amides is 1. The third-order valence-corrected chi connectivity index (χ3v) is 5.78. The highest BCUT2D eigenvalue weighted by molar-refractivity contribution is 7.99. The number of benzene rings is 1. The number of carbonyl (C=O) groups excluding carboxylic acids is 2. The molecule has 0 aliphatic carbocycles. The molecule has 2 amide bonds. The van der Waals surface area contributed by atoms with Crippen molar-refractivity contribution < 1.29 is 9.59 Å². The average molecular weight is 449 g/mol. The van der Waals surface area contributed by atoms with Gasteiger partial charge in [-0.3, -0.25) is 19.0 Å². The Morgan fingerprint density at radius 1 is 1.31 bits per heavy atom. The first kappa shape index (κ1) is 20.8. The molecular weight excluding hydrogens is 432 g/mol. The van der Waals surface area contributed by atoms with E-state index in [-0.39, 0.29) is 34.4 Å². The van der Waals surface area contributed by atoms with E-state index in [9.17, 15) is 14.4 Å². The Hall–Kier alpha value is -2.96. The molecule has 12 heteroatoms. The molecule has 1 aromatic carbocycles. The minimum absolute atomic E-state index is 0.105. The number of nitrogens with one attached hydrogen (secondary N) is 2. The summed E-state index contributed by atoms with van der Waals surface area (Å²) < 4.78 is 1.92. The molecule has 150 valence electrons. The van der Waals surface area contributed by atoms with Crippen LogP contribution in [0, 0.1) is 3.95 Å². The van der Waals surface area contributed by atoms with E-state index in [0.717, 1.165) is 11.3 Å². The van der Waals surface area contributed by atoms with Gasteiger partial charge in [0.05, 0.1) is 0 Å². The Bertz CT molecular complexity index is 1170. The van der Waals surface area contributed by atoms with E-state index in [1.165, 1.54) is 22.4 Å². The molecule has 29 heavy (non-hydrogen) atoms. The summed E-state index contributed by atoms with van der Waals surface area (Å²) in [4.78, 5) is 42.3. The Morgan fingerprint density at radius 3 is 2.69 bits per heavy atom. The van der Waals surface area contributed by atoms with E-state index in [4.69, 9.17) is 23.7 Å². The number of carbonyl (C=O) groups is 2. The van der Waals surface area contributed by atoms with Gasteiger partial charge in [-0.2, -0.15) is 0 Å². The number of amides is 2. The van der Waals surface area contributed by atoms with E-state index >= 15 is 0 Å². The summed E-state index contributed by atoms with van der Waals surface area (Å²) in [6, 6.07) is 10.2. The first-order valence-corrected chi connectivity index (χ1v) is 10.5. The van der Waals surface area contributed by atoms with Crippen LogP contribution in [0.2, 0.25) is 0 Å². The normalized spacial score (nSPS) is 10.6. The van der Waals surface area contributed by atoms with E-state index in [0.29, 0.717) is 20.6 Å². The third-order valence-electron chi connectivity index (χ3n) is 3.62. The quantitative estimate of drug-likeness (QED) is 0.246. The predicted molar refractivity (Wildman–Crippen MR) is 116 cm³/mol. The third kappa shape index (κ3) is 5.10. The van der Waals surface area contributed by atoms with E-state index in [2.05, 4.69) is 15.3 Å². The number of hydrogen-bond acceptors (Lipinski definition) is 8. The number of aromatic nitrogens is 3. The highest BCUT2D eigenvalue weighted by Crippen LogP contribution is 2.29. The van der Waals surface area contributed by atoms with Crippen molar-refractivity contribution >= 4 is 57.9 Å². The Labute approximate surface area is 178 Å². The molecular formula is C17H16N6O3S3.